The molecule has 4 rings (SSSR count). The molecule has 2 aromatic carbocycles. The van der Waals surface area contributed by atoms with E-state index >= 15 is 0 Å². The van der Waals surface area contributed by atoms with Gasteiger partial charge in [0.1, 0.15) is 17.1 Å². The average Bonchev–Trinajstić information content (AvgIpc) is 3.31. The largest absolute Gasteiger partial charge is 0.397 e. The van der Waals surface area contributed by atoms with Crippen molar-refractivity contribution in [2.45, 2.75) is 12.6 Å². The van der Waals surface area contributed by atoms with Crippen molar-refractivity contribution in [3.63, 3.8) is 0 Å². The number of nitrogens with two attached hydrogens (primary N) is 2. The van der Waals surface area contributed by atoms with Crippen molar-refractivity contribution in [2.75, 3.05) is 16.4 Å². The molecule has 34 heavy (non-hydrogen) atoms. The number of hydrogen-bond donors (Lipinski definition) is 4. The minimum absolute atomic E-state index is 0.366. The van der Waals surface area contributed by atoms with Crippen molar-refractivity contribution < 1.29 is 0 Å². The van der Waals surface area contributed by atoms with Gasteiger partial charge in [-0.3, -0.25) is 9.99 Å². The van der Waals surface area contributed by atoms with Gasteiger partial charge in [-0.2, -0.15) is 13.8 Å². The summed E-state index contributed by atoms with van der Waals surface area (Å²) in [4.78, 5) is 4.16. The Hall–Kier alpha value is -4.35. The molecule has 11 heteroatoms. The molecule has 2 aromatic heterocycles. The fourth-order valence-corrected chi connectivity index (χ4v) is 3.98. The lowest BCUT2D eigenvalue weighted by molar-refractivity contribution is 0.418. The number of fused-ring (bicyclic) bond motifs is 1. The highest BCUT2D eigenvalue weighted by Crippen LogP contribution is 2.29. The molecule has 0 bridgehead atoms. The van der Waals surface area contributed by atoms with Crippen molar-refractivity contribution in [3.8, 4) is 0 Å². The van der Waals surface area contributed by atoms with Crippen LogP contribution in [0.4, 0.5) is 17.1 Å². The van der Waals surface area contributed by atoms with Crippen LogP contribution in [0.2, 0.25) is 0 Å². The molecule has 0 saturated carbocycles. The Morgan fingerprint density at radius 1 is 1.18 bits per heavy atom. The molecule has 172 valence electrons. The molecule has 10 nitrogen and oxygen atoms in total. The summed E-state index contributed by atoms with van der Waals surface area (Å²) >= 11 is 1.16. The Morgan fingerprint density at radius 2 is 2.03 bits per heavy atom. The zero-order valence-electron chi connectivity index (χ0n) is 18.3. The lowest BCUT2D eigenvalue weighted by atomic mass is 10.0. The first kappa shape index (κ1) is 22.8. The molecule has 4 aromatic rings. The second kappa shape index (κ2) is 10.5. The maximum absolute atomic E-state index is 6.49. The van der Waals surface area contributed by atoms with Crippen LogP contribution in [-0.4, -0.2) is 31.3 Å². The topological polar surface area (TPSA) is 143 Å². The number of pyridine rings is 1. The van der Waals surface area contributed by atoms with Crippen molar-refractivity contribution in [3.05, 3.63) is 84.8 Å². The van der Waals surface area contributed by atoms with E-state index in [4.69, 9.17) is 11.6 Å². The highest BCUT2D eigenvalue weighted by Gasteiger charge is 2.24. The number of amidine groups is 1. The van der Waals surface area contributed by atoms with Gasteiger partial charge in [-0.15, -0.1) is 5.10 Å². The van der Waals surface area contributed by atoms with Crippen LogP contribution >= 0.6 is 11.7 Å². The number of nitrogen functional groups attached to an aromatic ring is 1. The second-order valence-corrected chi connectivity index (χ2v) is 7.86. The molecule has 0 amide bonds. The summed E-state index contributed by atoms with van der Waals surface area (Å²) in [7, 11) is 0. The maximum atomic E-state index is 6.49. The first-order valence-electron chi connectivity index (χ1n) is 10.3. The van der Waals surface area contributed by atoms with Crippen molar-refractivity contribution in [1.29, 1.82) is 0 Å². The lowest BCUT2D eigenvalue weighted by Gasteiger charge is -2.28. The van der Waals surface area contributed by atoms with E-state index in [-0.39, 0.29) is 0 Å². The summed E-state index contributed by atoms with van der Waals surface area (Å²) in [6.07, 6.45) is 5.03. The number of benzene rings is 2. The van der Waals surface area contributed by atoms with E-state index in [1.165, 1.54) is 5.01 Å². The van der Waals surface area contributed by atoms with Gasteiger partial charge < -0.3 is 16.4 Å². The van der Waals surface area contributed by atoms with Gasteiger partial charge in [-0.1, -0.05) is 18.7 Å². The lowest BCUT2D eigenvalue weighted by Crippen LogP contribution is -2.42. The summed E-state index contributed by atoms with van der Waals surface area (Å²) in [5.74, 6) is 6.94. The van der Waals surface area contributed by atoms with E-state index in [1.807, 2.05) is 48.5 Å². The number of rotatable bonds is 9. The van der Waals surface area contributed by atoms with Gasteiger partial charge in [0.15, 0.2) is 5.84 Å². The van der Waals surface area contributed by atoms with Crippen LogP contribution in [0.15, 0.2) is 83.9 Å². The predicted molar refractivity (Wildman–Crippen MR) is 139 cm³/mol. The van der Waals surface area contributed by atoms with Crippen LogP contribution in [-0.2, 0) is 6.54 Å². The summed E-state index contributed by atoms with van der Waals surface area (Å²) < 4.78 is 8.66. The molecule has 0 saturated heterocycles. The van der Waals surface area contributed by atoms with Crippen LogP contribution in [0, 0.1) is 0 Å². The van der Waals surface area contributed by atoms with Gasteiger partial charge in [0.25, 0.3) is 0 Å². The number of aromatic nitrogens is 3. The number of nitrogens with one attached hydrogen (secondary N) is 2. The minimum Gasteiger partial charge on any atom is -0.397 e. The molecule has 1 unspecified atom stereocenters. The first-order valence-corrected chi connectivity index (χ1v) is 11.0. The Bertz CT molecular complexity index is 1320. The van der Waals surface area contributed by atoms with Crippen LogP contribution in [0.5, 0.6) is 0 Å². The molecule has 0 aliphatic rings. The van der Waals surface area contributed by atoms with Gasteiger partial charge in [0, 0.05) is 24.8 Å². The smallest absolute Gasteiger partial charge is 0.169 e. The molecule has 0 aliphatic carbocycles. The van der Waals surface area contributed by atoms with Crippen molar-refractivity contribution >= 4 is 52.4 Å². The third kappa shape index (κ3) is 5.17. The summed E-state index contributed by atoms with van der Waals surface area (Å²) in [6.45, 7) is 7.59. The van der Waals surface area contributed by atoms with E-state index in [9.17, 15) is 0 Å². The van der Waals surface area contributed by atoms with Crippen LogP contribution in [0.3, 0.4) is 0 Å². The Morgan fingerprint density at radius 3 is 2.76 bits per heavy atom. The number of hydrogen-bond acceptors (Lipinski definition) is 10. The van der Waals surface area contributed by atoms with Crippen molar-refractivity contribution in [1.82, 2.24) is 18.7 Å². The van der Waals surface area contributed by atoms with E-state index in [0.29, 0.717) is 18.1 Å². The molecule has 0 fully saturated rings. The summed E-state index contributed by atoms with van der Waals surface area (Å²) in [6, 6.07) is 14.7. The monoisotopic (exact) mass is 472 g/mol. The fraction of sp³-hybridized carbons (Fsp3) is 0.0870. The average molecular weight is 473 g/mol. The van der Waals surface area contributed by atoms with E-state index in [1.54, 1.807) is 18.6 Å². The molecule has 0 aliphatic heterocycles. The fourth-order valence-electron chi connectivity index (χ4n) is 3.46. The molecule has 0 spiro atoms. The third-order valence-electron chi connectivity index (χ3n) is 5.03. The van der Waals surface area contributed by atoms with E-state index in [2.05, 4.69) is 47.9 Å². The Balaban J connectivity index is 1.73. The molecule has 6 N–H and O–H groups in total. The van der Waals surface area contributed by atoms with Crippen LogP contribution < -0.4 is 22.2 Å². The van der Waals surface area contributed by atoms with Gasteiger partial charge >= 0.3 is 0 Å². The van der Waals surface area contributed by atoms with Crippen LogP contribution in [0.1, 0.15) is 17.2 Å². The normalized spacial score (nSPS) is 12.2. The molecule has 1 atom stereocenters. The number of anilines is 3. The van der Waals surface area contributed by atoms with Gasteiger partial charge in [0.2, 0.25) is 0 Å². The summed E-state index contributed by atoms with van der Waals surface area (Å²) in [5, 5.41) is 16.1. The molecular formula is C23H24N10S. The minimum atomic E-state index is -0.490. The standard InChI is InChI=1S/C23H24N10S/c1-3-28-19-9-7-17(12-18(19)24)29-22(16-6-8-20-21(11-16)32-34-31-20)23(30-26-2)33(25)14-15-5-4-10-27-13-15/h3-13,22,28-29H,1-2,14,24-25H2/b30-23-. The maximum Gasteiger partial charge on any atom is 0.169 e. The second-order valence-electron chi connectivity index (χ2n) is 7.33. The molecule has 0 radical (unpaired) electrons. The van der Waals surface area contributed by atoms with Gasteiger partial charge in [-0.05, 0) is 53.7 Å². The highest BCUT2D eigenvalue weighted by atomic mass is 32.1. The van der Waals surface area contributed by atoms with E-state index in [0.717, 1.165) is 45.3 Å². The molecular weight excluding hydrogens is 448 g/mol. The first-order chi connectivity index (χ1) is 16.6. The Labute approximate surface area is 201 Å². The highest BCUT2D eigenvalue weighted by molar-refractivity contribution is 7.00. The zero-order valence-corrected chi connectivity index (χ0v) is 19.1. The number of hydrazine groups is 1. The molecule has 2 heterocycles. The SMILES string of the molecule is C=CNc1ccc(NC(/C(=N/N=C)N(N)Cc2cccnc2)c2ccc3nsnc3c2)cc1N. The zero-order chi connectivity index (χ0) is 23.9. The third-order valence-corrected chi connectivity index (χ3v) is 5.59. The van der Waals surface area contributed by atoms with Gasteiger partial charge in [-0.25, -0.2) is 5.84 Å². The summed E-state index contributed by atoms with van der Waals surface area (Å²) in [5.41, 5.74) is 11.7. The van der Waals surface area contributed by atoms with Crippen molar-refractivity contribution in [2.24, 2.45) is 16.0 Å². The number of nitrogens with zero attached hydrogens (tertiary/aromatic N) is 6. The quantitative estimate of drug-likeness (QED) is 0.0948. The predicted octanol–water partition coefficient (Wildman–Crippen LogP) is 3.77. The van der Waals surface area contributed by atoms with Gasteiger partial charge in [0.05, 0.1) is 29.6 Å². The van der Waals surface area contributed by atoms with E-state index < -0.39 is 6.04 Å². The Kier molecular flexibility index (Phi) is 7.06. The van der Waals surface area contributed by atoms with Crippen LogP contribution in [0.25, 0.3) is 11.0 Å².